The molecular weight excluding hydrogens is 455 g/mol. The van der Waals surface area contributed by atoms with Crippen molar-refractivity contribution in [2.75, 3.05) is 0 Å². The summed E-state index contributed by atoms with van der Waals surface area (Å²) < 4.78 is 15.3. The highest BCUT2D eigenvalue weighted by Crippen LogP contribution is 2.61. The molecule has 0 radical (unpaired) electrons. The molecule has 1 nitrogen and oxygen atoms in total. The van der Waals surface area contributed by atoms with Crippen molar-refractivity contribution in [3.63, 3.8) is 0 Å². The van der Waals surface area contributed by atoms with Crippen LogP contribution in [0.2, 0.25) is 0 Å². The monoisotopic (exact) mass is 476 g/mol. The Hall–Kier alpha value is -2.59. The topological polar surface area (TPSA) is 9.23 Å². The maximum absolute atomic E-state index is 6.42. The lowest BCUT2D eigenvalue weighted by Gasteiger charge is -2.42. The minimum atomic E-state index is -1.49. The van der Waals surface area contributed by atoms with Gasteiger partial charge in [0.15, 0.2) is 0 Å². The van der Waals surface area contributed by atoms with Crippen LogP contribution in [0.25, 0.3) is 11.1 Å². The molecule has 2 aromatic carbocycles. The van der Waals surface area contributed by atoms with E-state index in [4.69, 9.17) is 4.74 Å². The van der Waals surface area contributed by atoms with Gasteiger partial charge in [0.25, 0.3) is 0 Å². The van der Waals surface area contributed by atoms with Crippen LogP contribution < -0.4 is 0 Å². The zero-order valence-electron chi connectivity index (χ0n) is 15.8. The smallest absolute Gasteiger partial charge is 0.137 e. The fraction of sp³-hybridized carbons (Fsp3) is 0.0769. The van der Waals surface area contributed by atoms with E-state index in [1.807, 2.05) is 12.2 Å². The molecule has 2 aliphatic heterocycles. The van der Waals surface area contributed by atoms with Crippen molar-refractivity contribution < 1.29 is 4.74 Å². The number of benzene rings is 2. The molecule has 0 aromatic heterocycles. The first-order valence-corrected chi connectivity index (χ1v) is 13.3. The molecule has 5 rings (SSSR count). The molecule has 0 atom stereocenters. The second kappa shape index (κ2) is 6.49. The van der Waals surface area contributed by atoms with Crippen LogP contribution in [0.15, 0.2) is 106 Å². The Balaban J connectivity index is 2.00. The molecule has 0 N–H and O–H groups in total. The van der Waals surface area contributed by atoms with Crippen molar-refractivity contribution >= 4 is 27.4 Å². The largest absolute Gasteiger partial charge is 0.456 e. The molecule has 0 fully saturated rings. The SMILES string of the molecule is C=C/C=C1/OC2=C(C=CI(=C)=C2)C2(/C1=C/C)c1ccccc1-c1ccccc12. The Morgan fingerprint density at radius 2 is 1.64 bits per heavy atom. The molecular formula is C26H21IO. The molecule has 2 aromatic rings. The fourth-order valence-electron chi connectivity index (χ4n) is 4.74. The molecule has 28 heavy (non-hydrogen) atoms. The highest BCUT2D eigenvalue weighted by molar-refractivity contribution is 14.2. The molecule has 3 aliphatic rings. The van der Waals surface area contributed by atoms with E-state index >= 15 is 0 Å². The highest BCUT2D eigenvalue weighted by atomic mass is 127. The van der Waals surface area contributed by atoms with Gasteiger partial charge in [0.2, 0.25) is 0 Å². The number of hydrogen-bond acceptors (Lipinski definition) is 1. The molecule has 0 amide bonds. The zero-order chi connectivity index (χ0) is 19.3. The van der Waals surface area contributed by atoms with Crippen LogP contribution in [0.5, 0.6) is 0 Å². The first-order chi connectivity index (χ1) is 13.7. The average Bonchev–Trinajstić information content (AvgIpc) is 3.00. The summed E-state index contributed by atoms with van der Waals surface area (Å²) >= 11 is -1.49. The Bertz CT molecular complexity index is 1180. The number of fused-ring (bicyclic) bond motifs is 6. The van der Waals surface area contributed by atoms with Gasteiger partial charge in [0, 0.05) is 15.2 Å². The van der Waals surface area contributed by atoms with Gasteiger partial charge in [-0.3, -0.25) is 0 Å². The van der Waals surface area contributed by atoms with Crippen molar-refractivity contribution in [1.82, 2.24) is 0 Å². The van der Waals surface area contributed by atoms with Gasteiger partial charge in [0.1, 0.15) is 11.5 Å². The van der Waals surface area contributed by atoms with Gasteiger partial charge in [-0.05, 0) is 45.4 Å². The quantitative estimate of drug-likeness (QED) is 0.426. The maximum atomic E-state index is 6.42. The van der Waals surface area contributed by atoms with Crippen LogP contribution in [0, 0.1) is 0 Å². The summed E-state index contributed by atoms with van der Waals surface area (Å²) in [6.07, 6.45) is 8.27. The number of halogens is 1. The average molecular weight is 476 g/mol. The molecule has 0 unspecified atom stereocenters. The molecule has 2 heteroatoms. The van der Waals surface area contributed by atoms with Gasteiger partial charge < -0.3 is 4.74 Å². The summed E-state index contributed by atoms with van der Waals surface area (Å²) in [5, 5.41) is 0. The number of rotatable bonds is 1. The maximum Gasteiger partial charge on any atom is 0.137 e. The minimum Gasteiger partial charge on any atom is -0.456 e. The van der Waals surface area contributed by atoms with Crippen LogP contribution in [-0.4, -0.2) is 8.53 Å². The Labute approximate surface area is 172 Å². The summed E-state index contributed by atoms with van der Waals surface area (Å²) in [6.45, 7) is 6.02. The van der Waals surface area contributed by atoms with E-state index in [1.54, 1.807) is 0 Å². The molecule has 2 heterocycles. The third-order valence-corrected chi connectivity index (χ3v) is 8.35. The lowest BCUT2D eigenvalue weighted by Crippen LogP contribution is -2.36. The number of ether oxygens (including phenoxy) is 1. The zero-order valence-corrected chi connectivity index (χ0v) is 17.9. The second-order valence-electron chi connectivity index (χ2n) is 7.03. The standard InChI is InChI=1S/C26H21IO/c1-4-10-24-20(5-2)26(23-15-16-27(3)17-25(23)28-24)21-13-8-6-11-18(21)19-12-7-9-14-22(19)26/h4-17H,1,3H2,2H3/b20-5+,24-10+. The van der Waals surface area contributed by atoms with Crippen molar-refractivity contribution in [2.45, 2.75) is 12.3 Å². The summed E-state index contributed by atoms with van der Waals surface area (Å²) in [6, 6.07) is 17.5. The van der Waals surface area contributed by atoms with E-state index in [2.05, 4.69) is 86.8 Å². The molecule has 138 valence electrons. The summed E-state index contributed by atoms with van der Waals surface area (Å²) in [5.74, 6) is 1.84. The van der Waals surface area contributed by atoms with Crippen molar-refractivity contribution in [3.8, 4) is 11.1 Å². The highest BCUT2D eigenvalue weighted by Gasteiger charge is 2.52. The van der Waals surface area contributed by atoms with Crippen molar-refractivity contribution in [3.05, 3.63) is 117 Å². The number of hydrogen-bond donors (Lipinski definition) is 0. The first kappa shape index (κ1) is 17.5. The van der Waals surface area contributed by atoms with E-state index < -0.39 is 18.9 Å². The Morgan fingerprint density at radius 1 is 1.00 bits per heavy atom. The molecule has 1 spiro atoms. The fourth-order valence-corrected chi connectivity index (χ4v) is 6.96. The van der Waals surface area contributed by atoms with E-state index in [0.29, 0.717) is 0 Å². The third kappa shape index (κ3) is 2.18. The van der Waals surface area contributed by atoms with Gasteiger partial charge in [-0.25, -0.2) is 0 Å². The van der Waals surface area contributed by atoms with Crippen molar-refractivity contribution in [1.29, 1.82) is 0 Å². The normalized spacial score (nSPS) is 21.9. The van der Waals surface area contributed by atoms with Gasteiger partial charge >= 0.3 is 0 Å². The third-order valence-electron chi connectivity index (χ3n) is 5.70. The summed E-state index contributed by atoms with van der Waals surface area (Å²) in [7, 11) is 0. The molecule has 0 saturated heterocycles. The molecule has 0 bridgehead atoms. The predicted octanol–water partition coefficient (Wildman–Crippen LogP) is 6.52. The van der Waals surface area contributed by atoms with Crippen molar-refractivity contribution in [2.24, 2.45) is 0 Å². The van der Waals surface area contributed by atoms with Crippen LogP contribution in [-0.2, 0) is 10.2 Å². The van der Waals surface area contributed by atoms with Gasteiger partial charge in [-0.2, -0.15) is 0 Å². The first-order valence-electron chi connectivity index (χ1n) is 9.32. The Kier molecular flexibility index (Phi) is 4.06. The second-order valence-corrected chi connectivity index (χ2v) is 10.8. The number of allylic oxidation sites excluding steroid dienone is 7. The van der Waals surface area contributed by atoms with E-state index in [1.165, 1.54) is 33.4 Å². The lowest BCUT2D eigenvalue weighted by molar-refractivity contribution is 0.307. The summed E-state index contributed by atoms with van der Waals surface area (Å²) in [4.78, 5) is 0. The van der Waals surface area contributed by atoms with Crippen LogP contribution >= 0.6 is 18.9 Å². The van der Waals surface area contributed by atoms with Crippen LogP contribution in [0.4, 0.5) is 0 Å². The minimum absolute atomic E-state index is 0.366. The van der Waals surface area contributed by atoms with E-state index in [9.17, 15) is 0 Å². The van der Waals surface area contributed by atoms with Crippen LogP contribution in [0.3, 0.4) is 0 Å². The van der Waals surface area contributed by atoms with E-state index in [-0.39, 0.29) is 5.41 Å². The predicted molar refractivity (Wildman–Crippen MR) is 129 cm³/mol. The van der Waals surface area contributed by atoms with Crippen LogP contribution in [0.1, 0.15) is 18.1 Å². The van der Waals surface area contributed by atoms with Gasteiger partial charge in [0.05, 0.1) is 5.41 Å². The van der Waals surface area contributed by atoms with Gasteiger partial charge in [-0.1, -0.05) is 71.8 Å². The summed E-state index contributed by atoms with van der Waals surface area (Å²) in [5.41, 5.74) is 7.26. The molecule has 1 aliphatic carbocycles. The van der Waals surface area contributed by atoms with Gasteiger partial charge in [-0.15, -0.1) is 18.9 Å². The van der Waals surface area contributed by atoms with E-state index in [0.717, 1.165) is 11.5 Å². The lowest BCUT2D eigenvalue weighted by atomic mass is 9.64. The Morgan fingerprint density at radius 3 is 2.25 bits per heavy atom. The molecule has 0 saturated carbocycles.